The summed E-state index contributed by atoms with van der Waals surface area (Å²) in [4.78, 5) is 4.27. The van der Waals surface area contributed by atoms with Crippen LogP contribution in [0.15, 0.2) is 24.5 Å². The third-order valence-electron chi connectivity index (χ3n) is 2.25. The number of nitrogen functional groups attached to an aromatic ring is 1. The van der Waals surface area contributed by atoms with Gasteiger partial charge in [-0.05, 0) is 12.1 Å². The zero-order valence-electron chi connectivity index (χ0n) is 7.99. The van der Waals surface area contributed by atoms with E-state index in [0.717, 1.165) is 23.3 Å². The minimum absolute atomic E-state index is 0.0816. The first-order valence-corrected chi connectivity index (χ1v) is 4.53. The summed E-state index contributed by atoms with van der Waals surface area (Å²) in [5, 5.41) is 7.42. The molecule has 0 radical (unpaired) electrons. The molecule has 0 aliphatic rings. The summed E-state index contributed by atoms with van der Waals surface area (Å²) in [6, 6.07) is 3.71. The number of hydrogen-bond donors (Lipinski definition) is 2. The SMILES string of the molecule is CCc1ncc2c(C(=N)N)cccn12. The van der Waals surface area contributed by atoms with Gasteiger partial charge < -0.3 is 10.1 Å². The zero-order valence-corrected chi connectivity index (χ0v) is 7.99. The molecule has 4 heteroatoms. The van der Waals surface area contributed by atoms with Gasteiger partial charge in [0.15, 0.2) is 0 Å². The number of nitrogens with zero attached hydrogens (tertiary/aromatic N) is 2. The number of nitrogens with two attached hydrogens (primary N) is 1. The molecule has 0 amide bonds. The molecule has 0 spiro atoms. The topological polar surface area (TPSA) is 67.2 Å². The average molecular weight is 188 g/mol. The highest BCUT2D eigenvalue weighted by Crippen LogP contribution is 2.12. The van der Waals surface area contributed by atoms with E-state index in [0.29, 0.717) is 0 Å². The summed E-state index contributed by atoms with van der Waals surface area (Å²) in [6.07, 6.45) is 4.57. The standard InChI is InChI=1S/C10H12N4/c1-2-9-13-6-8-7(10(11)12)4-3-5-14(8)9/h3-6H,2H2,1H3,(H3,11,12). The van der Waals surface area contributed by atoms with Crippen LogP contribution in [0.2, 0.25) is 0 Å². The molecule has 0 saturated heterocycles. The van der Waals surface area contributed by atoms with Gasteiger partial charge in [0.1, 0.15) is 11.7 Å². The molecular formula is C10H12N4. The quantitative estimate of drug-likeness (QED) is 0.549. The Bertz CT molecular complexity index is 484. The molecule has 0 aliphatic heterocycles. The van der Waals surface area contributed by atoms with Gasteiger partial charge >= 0.3 is 0 Å². The number of pyridine rings is 1. The molecule has 0 aliphatic carbocycles. The van der Waals surface area contributed by atoms with Crippen LogP contribution >= 0.6 is 0 Å². The molecule has 72 valence electrons. The van der Waals surface area contributed by atoms with E-state index in [1.54, 1.807) is 6.20 Å². The van der Waals surface area contributed by atoms with Crippen molar-refractivity contribution in [2.24, 2.45) is 5.73 Å². The summed E-state index contributed by atoms with van der Waals surface area (Å²) in [6.45, 7) is 2.05. The van der Waals surface area contributed by atoms with Crippen molar-refractivity contribution in [3.05, 3.63) is 35.9 Å². The lowest BCUT2D eigenvalue weighted by molar-refractivity contribution is 0.933. The third kappa shape index (κ3) is 1.16. The summed E-state index contributed by atoms with van der Waals surface area (Å²) in [7, 11) is 0. The van der Waals surface area contributed by atoms with Crippen LogP contribution in [0.4, 0.5) is 0 Å². The maximum absolute atomic E-state index is 7.42. The van der Waals surface area contributed by atoms with E-state index in [-0.39, 0.29) is 5.84 Å². The van der Waals surface area contributed by atoms with Crippen molar-refractivity contribution >= 4 is 11.4 Å². The number of imidazole rings is 1. The number of amidine groups is 1. The molecule has 2 rings (SSSR count). The first-order valence-electron chi connectivity index (χ1n) is 4.53. The Hall–Kier alpha value is -1.84. The minimum atomic E-state index is 0.0816. The molecule has 4 nitrogen and oxygen atoms in total. The summed E-state index contributed by atoms with van der Waals surface area (Å²) >= 11 is 0. The van der Waals surface area contributed by atoms with Crippen LogP contribution in [0.25, 0.3) is 5.52 Å². The van der Waals surface area contributed by atoms with Crippen LogP contribution < -0.4 is 5.73 Å². The Kier molecular flexibility index (Phi) is 1.96. The highest BCUT2D eigenvalue weighted by Gasteiger charge is 2.06. The third-order valence-corrected chi connectivity index (χ3v) is 2.25. The number of fused-ring (bicyclic) bond motifs is 1. The van der Waals surface area contributed by atoms with E-state index in [1.165, 1.54) is 0 Å². The summed E-state index contributed by atoms with van der Waals surface area (Å²) in [5.41, 5.74) is 7.11. The van der Waals surface area contributed by atoms with Crippen LogP contribution in [-0.2, 0) is 6.42 Å². The van der Waals surface area contributed by atoms with Crippen molar-refractivity contribution < 1.29 is 0 Å². The van der Waals surface area contributed by atoms with Gasteiger partial charge in [-0.2, -0.15) is 0 Å². The molecular weight excluding hydrogens is 176 g/mol. The van der Waals surface area contributed by atoms with Crippen molar-refractivity contribution in [1.82, 2.24) is 9.38 Å². The highest BCUT2D eigenvalue weighted by molar-refractivity contribution is 6.01. The summed E-state index contributed by atoms with van der Waals surface area (Å²) < 4.78 is 1.97. The molecule has 0 unspecified atom stereocenters. The van der Waals surface area contributed by atoms with Crippen molar-refractivity contribution in [3.63, 3.8) is 0 Å². The van der Waals surface area contributed by atoms with Crippen LogP contribution in [0.1, 0.15) is 18.3 Å². The Morgan fingerprint density at radius 3 is 3.07 bits per heavy atom. The van der Waals surface area contributed by atoms with Gasteiger partial charge in [-0.15, -0.1) is 0 Å². The van der Waals surface area contributed by atoms with E-state index in [2.05, 4.69) is 11.9 Å². The van der Waals surface area contributed by atoms with E-state index in [4.69, 9.17) is 11.1 Å². The Morgan fingerprint density at radius 2 is 2.43 bits per heavy atom. The van der Waals surface area contributed by atoms with Gasteiger partial charge in [0, 0.05) is 18.2 Å². The predicted molar refractivity (Wildman–Crippen MR) is 55.6 cm³/mol. The number of rotatable bonds is 2. The second-order valence-corrected chi connectivity index (χ2v) is 3.12. The molecule has 2 aromatic heterocycles. The second kappa shape index (κ2) is 3.14. The number of hydrogen-bond acceptors (Lipinski definition) is 2. The van der Waals surface area contributed by atoms with E-state index >= 15 is 0 Å². The van der Waals surface area contributed by atoms with Crippen LogP contribution in [0.5, 0.6) is 0 Å². The number of nitrogens with one attached hydrogen (secondary N) is 1. The van der Waals surface area contributed by atoms with Crippen molar-refractivity contribution in [1.29, 1.82) is 5.41 Å². The largest absolute Gasteiger partial charge is 0.384 e. The first kappa shape index (κ1) is 8.74. The maximum Gasteiger partial charge on any atom is 0.124 e. The highest BCUT2D eigenvalue weighted by atomic mass is 15.0. The minimum Gasteiger partial charge on any atom is -0.384 e. The average Bonchev–Trinajstić information content (AvgIpc) is 2.59. The Balaban J connectivity index is 2.76. The monoisotopic (exact) mass is 188 g/mol. The molecule has 2 aromatic rings. The van der Waals surface area contributed by atoms with Gasteiger partial charge in [-0.3, -0.25) is 5.41 Å². The fourth-order valence-corrected chi connectivity index (χ4v) is 1.56. The van der Waals surface area contributed by atoms with Gasteiger partial charge in [0.2, 0.25) is 0 Å². The molecule has 14 heavy (non-hydrogen) atoms. The second-order valence-electron chi connectivity index (χ2n) is 3.12. The molecule has 0 bridgehead atoms. The van der Waals surface area contributed by atoms with Gasteiger partial charge in [-0.25, -0.2) is 4.98 Å². The Labute approximate surface area is 81.9 Å². The van der Waals surface area contributed by atoms with E-state index in [9.17, 15) is 0 Å². The van der Waals surface area contributed by atoms with Gasteiger partial charge in [0.25, 0.3) is 0 Å². The molecule has 3 N–H and O–H groups in total. The van der Waals surface area contributed by atoms with Gasteiger partial charge in [-0.1, -0.05) is 6.92 Å². The lowest BCUT2D eigenvalue weighted by atomic mass is 10.2. The smallest absolute Gasteiger partial charge is 0.124 e. The molecule has 2 heterocycles. The predicted octanol–water partition coefficient (Wildman–Crippen LogP) is 1.18. The molecule has 0 aromatic carbocycles. The Morgan fingerprint density at radius 1 is 1.64 bits per heavy atom. The molecule has 0 saturated carbocycles. The van der Waals surface area contributed by atoms with Crippen LogP contribution in [0.3, 0.4) is 0 Å². The number of aromatic nitrogens is 2. The normalized spacial score (nSPS) is 10.6. The van der Waals surface area contributed by atoms with Crippen molar-refractivity contribution in [2.45, 2.75) is 13.3 Å². The lowest BCUT2D eigenvalue weighted by Crippen LogP contribution is -2.12. The van der Waals surface area contributed by atoms with Crippen LogP contribution in [-0.4, -0.2) is 15.2 Å². The lowest BCUT2D eigenvalue weighted by Gasteiger charge is -2.02. The number of aryl methyl sites for hydroxylation is 1. The van der Waals surface area contributed by atoms with Crippen LogP contribution in [0, 0.1) is 5.41 Å². The van der Waals surface area contributed by atoms with E-state index in [1.807, 2.05) is 22.7 Å². The zero-order chi connectivity index (χ0) is 10.1. The fourth-order valence-electron chi connectivity index (χ4n) is 1.56. The molecule has 0 atom stereocenters. The van der Waals surface area contributed by atoms with E-state index < -0.39 is 0 Å². The summed E-state index contributed by atoms with van der Waals surface area (Å²) in [5.74, 6) is 1.07. The van der Waals surface area contributed by atoms with Crippen molar-refractivity contribution in [3.8, 4) is 0 Å². The van der Waals surface area contributed by atoms with Gasteiger partial charge in [0.05, 0.1) is 11.7 Å². The van der Waals surface area contributed by atoms with Crippen molar-refractivity contribution in [2.75, 3.05) is 0 Å². The maximum atomic E-state index is 7.42. The fraction of sp³-hybridized carbons (Fsp3) is 0.200. The first-order chi connectivity index (χ1) is 6.74. The molecule has 0 fully saturated rings.